The predicted molar refractivity (Wildman–Crippen MR) is 62.1 cm³/mol. The van der Waals surface area contributed by atoms with Gasteiger partial charge in [0.2, 0.25) is 0 Å². The third-order valence-electron chi connectivity index (χ3n) is 3.22. The summed E-state index contributed by atoms with van der Waals surface area (Å²) in [5, 5.41) is 18.1. The molecular formula is C11H20O3S. The molecule has 2 N–H and O–H groups in total. The second-order valence-electron chi connectivity index (χ2n) is 4.16. The zero-order valence-electron chi connectivity index (χ0n) is 9.19. The summed E-state index contributed by atoms with van der Waals surface area (Å²) in [6.45, 7) is 2.31. The summed E-state index contributed by atoms with van der Waals surface area (Å²) in [4.78, 5) is 11.0. The molecule has 0 saturated heterocycles. The molecular weight excluding hydrogens is 212 g/mol. The number of hydrogen-bond acceptors (Lipinski definition) is 3. The molecule has 3 unspecified atom stereocenters. The van der Waals surface area contributed by atoms with Gasteiger partial charge in [0.25, 0.3) is 0 Å². The molecule has 0 aromatic carbocycles. The van der Waals surface area contributed by atoms with Crippen LogP contribution < -0.4 is 0 Å². The highest BCUT2D eigenvalue weighted by atomic mass is 32.2. The smallest absolute Gasteiger partial charge is 0.307 e. The first-order valence-electron chi connectivity index (χ1n) is 5.64. The molecule has 1 fully saturated rings. The van der Waals surface area contributed by atoms with Crippen molar-refractivity contribution < 1.29 is 15.0 Å². The summed E-state index contributed by atoms with van der Waals surface area (Å²) in [5.74, 6) is 0.464. The molecule has 88 valence electrons. The first-order valence-corrected chi connectivity index (χ1v) is 6.69. The fraction of sp³-hybridized carbons (Fsp3) is 0.909. The lowest BCUT2D eigenvalue weighted by Crippen LogP contribution is -2.33. The number of carboxylic acids is 1. The van der Waals surface area contributed by atoms with E-state index in [9.17, 15) is 4.79 Å². The first-order chi connectivity index (χ1) is 7.19. The minimum Gasteiger partial charge on any atom is -0.481 e. The Labute approximate surface area is 95.3 Å². The topological polar surface area (TPSA) is 57.5 Å². The second-order valence-corrected chi connectivity index (χ2v) is 5.51. The maximum absolute atomic E-state index is 11.0. The Morgan fingerprint density at radius 3 is 2.73 bits per heavy atom. The fourth-order valence-electron chi connectivity index (χ4n) is 2.25. The average molecular weight is 232 g/mol. The number of carbonyl (C=O) groups is 1. The van der Waals surface area contributed by atoms with E-state index in [1.165, 1.54) is 0 Å². The van der Waals surface area contributed by atoms with Crippen LogP contribution in [0.25, 0.3) is 0 Å². The van der Waals surface area contributed by atoms with Gasteiger partial charge in [0, 0.05) is 11.0 Å². The molecule has 3 atom stereocenters. The highest BCUT2D eigenvalue weighted by Gasteiger charge is 2.34. The SMILES string of the molecule is CCC1CCC(C(=O)O)C(SCCO)C1. The van der Waals surface area contributed by atoms with Crippen molar-refractivity contribution in [2.24, 2.45) is 11.8 Å². The zero-order chi connectivity index (χ0) is 11.3. The third kappa shape index (κ3) is 3.68. The van der Waals surface area contributed by atoms with Gasteiger partial charge in [0.1, 0.15) is 0 Å². The standard InChI is InChI=1S/C11H20O3S/c1-2-8-3-4-9(11(13)14)10(7-8)15-6-5-12/h8-10,12H,2-7H2,1H3,(H,13,14). The second kappa shape index (κ2) is 6.38. The number of aliphatic hydroxyl groups is 1. The Kier molecular flexibility index (Phi) is 5.47. The molecule has 0 spiro atoms. The molecule has 1 aliphatic carbocycles. The maximum Gasteiger partial charge on any atom is 0.307 e. The van der Waals surface area contributed by atoms with E-state index < -0.39 is 5.97 Å². The van der Waals surface area contributed by atoms with Crippen molar-refractivity contribution in [3.8, 4) is 0 Å². The molecule has 15 heavy (non-hydrogen) atoms. The van der Waals surface area contributed by atoms with Crippen molar-refractivity contribution in [2.75, 3.05) is 12.4 Å². The van der Waals surface area contributed by atoms with E-state index in [2.05, 4.69) is 6.92 Å². The maximum atomic E-state index is 11.0. The molecule has 0 aromatic heterocycles. The Hall–Kier alpha value is -0.220. The van der Waals surface area contributed by atoms with Crippen molar-refractivity contribution in [3.05, 3.63) is 0 Å². The predicted octanol–water partition coefficient (Wildman–Crippen LogP) is 1.99. The molecule has 0 bridgehead atoms. The highest BCUT2D eigenvalue weighted by molar-refractivity contribution is 7.99. The van der Waals surface area contributed by atoms with Crippen molar-refractivity contribution in [1.82, 2.24) is 0 Å². The van der Waals surface area contributed by atoms with Gasteiger partial charge in [-0.15, -0.1) is 0 Å². The van der Waals surface area contributed by atoms with Gasteiger partial charge in [-0.05, 0) is 25.2 Å². The van der Waals surface area contributed by atoms with E-state index in [0.717, 1.165) is 25.7 Å². The summed E-state index contributed by atoms with van der Waals surface area (Å²) in [6, 6.07) is 0. The van der Waals surface area contributed by atoms with Gasteiger partial charge in [-0.3, -0.25) is 4.79 Å². The van der Waals surface area contributed by atoms with E-state index in [4.69, 9.17) is 10.2 Å². The van der Waals surface area contributed by atoms with E-state index in [1.807, 2.05) is 0 Å². The van der Waals surface area contributed by atoms with Crippen LogP contribution in [0.3, 0.4) is 0 Å². The van der Waals surface area contributed by atoms with E-state index in [-0.39, 0.29) is 17.8 Å². The monoisotopic (exact) mass is 232 g/mol. The molecule has 3 nitrogen and oxygen atoms in total. The molecule has 4 heteroatoms. The normalized spacial score (nSPS) is 31.5. The molecule has 1 rings (SSSR count). The van der Waals surface area contributed by atoms with Gasteiger partial charge in [0.15, 0.2) is 0 Å². The Morgan fingerprint density at radius 1 is 1.47 bits per heavy atom. The molecule has 0 radical (unpaired) electrons. The average Bonchev–Trinajstić information content (AvgIpc) is 2.25. The van der Waals surface area contributed by atoms with Crippen molar-refractivity contribution in [2.45, 2.75) is 37.9 Å². The zero-order valence-corrected chi connectivity index (χ0v) is 10.0. The van der Waals surface area contributed by atoms with Crippen LogP contribution in [0, 0.1) is 11.8 Å². The number of aliphatic hydroxyl groups excluding tert-OH is 1. The quantitative estimate of drug-likeness (QED) is 0.761. The lowest BCUT2D eigenvalue weighted by molar-refractivity contribution is -0.142. The summed E-state index contributed by atoms with van der Waals surface area (Å²) in [5.41, 5.74) is 0. The van der Waals surface area contributed by atoms with Crippen LogP contribution in [0.15, 0.2) is 0 Å². The fourth-order valence-corrected chi connectivity index (χ4v) is 3.55. The minimum absolute atomic E-state index is 0.143. The Balaban J connectivity index is 2.52. The van der Waals surface area contributed by atoms with Crippen molar-refractivity contribution in [3.63, 3.8) is 0 Å². The van der Waals surface area contributed by atoms with Gasteiger partial charge < -0.3 is 10.2 Å². The molecule has 0 heterocycles. The lowest BCUT2D eigenvalue weighted by Gasteiger charge is -2.33. The van der Waals surface area contributed by atoms with Gasteiger partial charge >= 0.3 is 5.97 Å². The summed E-state index contributed by atoms with van der Waals surface area (Å²) >= 11 is 1.62. The van der Waals surface area contributed by atoms with Crippen molar-refractivity contribution >= 4 is 17.7 Å². The highest BCUT2D eigenvalue weighted by Crippen LogP contribution is 2.37. The van der Waals surface area contributed by atoms with Crippen LogP contribution >= 0.6 is 11.8 Å². The molecule has 0 aliphatic heterocycles. The number of carboxylic acid groups (broad SMARTS) is 1. The van der Waals surface area contributed by atoms with E-state index in [0.29, 0.717) is 11.7 Å². The van der Waals surface area contributed by atoms with E-state index >= 15 is 0 Å². The lowest BCUT2D eigenvalue weighted by atomic mass is 9.80. The number of hydrogen-bond donors (Lipinski definition) is 2. The first kappa shape index (κ1) is 12.8. The van der Waals surface area contributed by atoms with Gasteiger partial charge in [0.05, 0.1) is 12.5 Å². The van der Waals surface area contributed by atoms with Gasteiger partial charge in [-0.1, -0.05) is 13.3 Å². The van der Waals surface area contributed by atoms with Crippen LogP contribution in [0.2, 0.25) is 0 Å². The summed E-state index contributed by atoms with van der Waals surface area (Å²) in [6.07, 6.45) is 3.99. The van der Waals surface area contributed by atoms with Crippen LogP contribution in [0.4, 0.5) is 0 Å². The van der Waals surface area contributed by atoms with Crippen LogP contribution in [-0.2, 0) is 4.79 Å². The van der Waals surface area contributed by atoms with Crippen LogP contribution in [0.1, 0.15) is 32.6 Å². The molecule has 0 aromatic rings. The van der Waals surface area contributed by atoms with Crippen molar-refractivity contribution in [1.29, 1.82) is 0 Å². The largest absolute Gasteiger partial charge is 0.481 e. The molecule has 0 amide bonds. The summed E-state index contributed by atoms with van der Waals surface area (Å²) in [7, 11) is 0. The molecule has 1 saturated carbocycles. The summed E-state index contributed by atoms with van der Waals surface area (Å²) < 4.78 is 0. The van der Waals surface area contributed by atoms with Gasteiger partial charge in [-0.25, -0.2) is 0 Å². The molecule has 1 aliphatic rings. The van der Waals surface area contributed by atoms with Crippen LogP contribution in [0.5, 0.6) is 0 Å². The number of thioether (sulfide) groups is 1. The Bertz CT molecular complexity index is 208. The number of rotatable bonds is 5. The minimum atomic E-state index is -0.667. The Morgan fingerprint density at radius 2 is 2.20 bits per heavy atom. The third-order valence-corrected chi connectivity index (χ3v) is 4.59. The number of aliphatic carboxylic acids is 1. The van der Waals surface area contributed by atoms with Crippen LogP contribution in [-0.4, -0.2) is 33.8 Å². The van der Waals surface area contributed by atoms with Gasteiger partial charge in [-0.2, -0.15) is 11.8 Å². The van der Waals surface area contributed by atoms with E-state index in [1.54, 1.807) is 11.8 Å².